The minimum Gasteiger partial charge on any atom is -0.478 e. The maximum Gasteiger partial charge on any atom is 0.337 e. The number of fused-ring (bicyclic) bond motifs is 1. The molecule has 0 aliphatic carbocycles. The summed E-state index contributed by atoms with van der Waals surface area (Å²) in [5.41, 5.74) is 5.31. The van der Waals surface area contributed by atoms with Crippen LogP contribution in [0.1, 0.15) is 35.3 Å². The average molecular weight is 457 g/mol. The summed E-state index contributed by atoms with van der Waals surface area (Å²) in [7, 11) is 0. The zero-order valence-electron chi connectivity index (χ0n) is 18.8. The molecule has 0 saturated heterocycles. The number of H-pyrrole nitrogens is 1. The van der Waals surface area contributed by atoms with Crippen LogP contribution in [0.3, 0.4) is 0 Å². The normalized spacial score (nSPS) is 11.2. The molecule has 0 spiro atoms. The van der Waals surface area contributed by atoms with Crippen LogP contribution in [0.4, 0.5) is 0 Å². The molecule has 10 nitrogen and oxygen atoms in total. The van der Waals surface area contributed by atoms with Gasteiger partial charge in [-0.05, 0) is 65.2 Å². The van der Waals surface area contributed by atoms with Crippen molar-refractivity contribution in [2.75, 3.05) is 6.61 Å². The van der Waals surface area contributed by atoms with Gasteiger partial charge in [0.15, 0.2) is 5.82 Å². The number of tetrazole rings is 1. The number of hydrogen-bond acceptors (Lipinski definition) is 6. The van der Waals surface area contributed by atoms with E-state index in [0.717, 1.165) is 23.4 Å². The van der Waals surface area contributed by atoms with Gasteiger partial charge in [-0.1, -0.05) is 25.1 Å². The molecule has 0 atom stereocenters. The van der Waals surface area contributed by atoms with Gasteiger partial charge in [-0.25, -0.2) is 9.89 Å². The highest BCUT2D eigenvalue weighted by molar-refractivity contribution is 6.01. The summed E-state index contributed by atoms with van der Waals surface area (Å²) in [6.45, 7) is 4.82. The van der Waals surface area contributed by atoms with Crippen LogP contribution >= 0.6 is 0 Å². The Morgan fingerprint density at radius 3 is 2.62 bits per heavy atom. The summed E-state index contributed by atoms with van der Waals surface area (Å²) in [6, 6.07) is 15.6. The van der Waals surface area contributed by atoms with Crippen LogP contribution in [-0.2, 0) is 13.0 Å². The highest BCUT2D eigenvalue weighted by Gasteiger charge is 2.19. The van der Waals surface area contributed by atoms with Crippen molar-refractivity contribution in [3.63, 3.8) is 0 Å². The predicted molar refractivity (Wildman–Crippen MR) is 125 cm³/mol. The Balaban J connectivity index is 1.52. The first kappa shape index (κ1) is 21.4. The molecule has 172 valence electrons. The lowest BCUT2D eigenvalue weighted by molar-refractivity contribution is 0.0698. The van der Waals surface area contributed by atoms with Gasteiger partial charge in [-0.15, -0.1) is 5.10 Å². The van der Waals surface area contributed by atoms with Gasteiger partial charge in [0.1, 0.15) is 0 Å². The minimum atomic E-state index is -1.00. The fourth-order valence-electron chi connectivity index (χ4n) is 4.04. The third-order valence-electron chi connectivity index (χ3n) is 5.66. The standard InChI is InChI=1S/C24H23N7O3/c1-3-15-12-20(22-26-28-29-27-22)30(13-15)17-10-8-16(9-11-17)14-31-21-18(23(32)33)6-5-7-19(21)25-24(31)34-4-2/h5-13H,3-4,14H2,1-2H3,(H,32,33)(H,26,27,28,29). The number of carboxylic acid groups (broad SMARTS) is 1. The van der Waals surface area contributed by atoms with Crippen LogP contribution in [0.25, 0.3) is 28.2 Å². The predicted octanol–water partition coefficient (Wildman–Crippen LogP) is 3.71. The van der Waals surface area contributed by atoms with Crippen LogP contribution in [0.5, 0.6) is 6.01 Å². The molecule has 0 radical (unpaired) electrons. The van der Waals surface area contributed by atoms with Crippen LogP contribution in [0.15, 0.2) is 54.7 Å². The molecule has 5 aromatic rings. The molecule has 3 heterocycles. The summed E-state index contributed by atoms with van der Waals surface area (Å²) < 4.78 is 9.59. The van der Waals surface area contributed by atoms with Crippen LogP contribution in [-0.4, -0.2) is 52.4 Å². The Hall–Kier alpha value is -4.47. The molecular weight excluding hydrogens is 434 g/mol. The van der Waals surface area contributed by atoms with Crippen molar-refractivity contribution in [2.24, 2.45) is 0 Å². The van der Waals surface area contributed by atoms with E-state index >= 15 is 0 Å². The van der Waals surface area contributed by atoms with Crippen LogP contribution < -0.4 is 4.74 Å². The molecule has 0 fully saturated rings. The number of aromatic nitrogens is 7. The van der Waals surface area contributed by atoms with Gasteiger partial charge in [0.2, 0.25) is 0 Å². The first-order valence-electron chi connectivity index (χ1n) is 11.0. The number of nitrogens with one attached hydrogen (secondary N) is 1. The largest absolute Gasteiger partial charge is 0.478 e. The van der Waals surface area contributed by atoms with Crippen molar-refractivity contribution in [3.8, 4) is 23.2 Å². The lowest BCUT2D eigenvalue weighted by atomic mass is 10.1. The number of carbonyl (C=O) groups is 1. The lowest BCUT2D eigenvalue weighted by Crippen LogP contribution is -2.08. The van der Waals surface area contributed by atoms with E-state index in [-0.39, 0.29) is 5.56 Å². The molecule has 3 aromatic heterocycles. The van der Waals surface area contributed by atoms with E-state index in [1.54, 1.807) is 18.2 Å². The highest BCUT2D eigenvalue weighted by Crippen LogP contribution is 2.28. The van der Waals surface area contributed by atoms with Gasteiger partial charge < -0.3 is 14.4 Å². The van der Waals surface area contributed by atoms with E-state index in [0.29, 0.717) is 36.0 Å². The number of aryl methyl sites for hydroxylation is 1. The third kappa shape index (κ3) is 3.79. The molecule has 0 unspecified atom stereocenters. The van der Waals surface area contributed by atoms with E-state index in [1.165, 1.54) is 5.56 Å². The molecule has 34 heavy (non-hydrogen) atoms. The number of rotatable bonds is 8. The first-order chi connectivity index (χ1) is 16.6. The second-order valence-corrected chi connectivity index (χ2v) is 7.77. The fourth-order valence-corrected chi connectivity index (χ4v) is 4.04. The van der Waals surface area contributed by atoms with Crippen molar-refractivity contribution in [3.05, 3.63) is 71.4 Å². The summed E-state index contributed by atoms with van der Waals surface area (Å²) in [5.74, 6) is -0.407. The maximum absolute atomic E-state index is 11.8. The van der Waals surface area contributed by atoms with Crippen molar-refractivity contribution in [1.82, 2.24) is 34.7 Å². The molecule has 0 bridgehead atoms. The SMILES string of the molecule is CCOc1nc2cccc(C(=O)O)c2n1Cc1ccc(-n2cc(CC)cc2-c2nnn[nH]2)cc1. The molecule has 0 aliphatic rings. The summed E-state index contributed by atoms with van der Waals surface area (Å²) in [5, 5.41) is 24.0. The van der Waals surface area contributed by atoms with E-state index < -0.39 is 5.97 Å². The van der Waals surface area contributed by atoms with Gasteiger partial charge >= 0.3 is 5.97 Å². The quantitative estimate of drug-likeness (QED) is 0.364. The highest BCUT2D eigenvalue weighted by atomic mass is 16.5. The van der Waals surface area contributed by atoms with E-state index in [9.17, 15) is 9.90 Å². The number of aromatic amines is 1. The van der Waals surface area contributed by atoms with Crippen LogP contribution in [0, 0.1) is 0 Å². The zero-order chi connectivity index (χ0) is 23.7. The average Bonchev–Trinajstić information content (AvgIpc) is 3.59. The van der Waals surface area contributed by atoms with Crippen LogP contribution in [0.2, 0.25) is 0 Å². The summed E-state index contributed by atoms with van der Waals surface area (Å²) in [6.07, 6.45) is 2.96. The van der Waals surface area contributed by atoms with Gasteiger partial charge in [0, 0.05) is 11.9 Å². The van der Waals surface area contributed by atoms with Gasteiger partial charge in [0.05, 0.1) is 35.4 Å². The number of hydrogen-bond donors (Lipinski definition) is 2. The first-order valence-corrected chi connectivity index (χ1v) is 11.0. The maximum atomic E-state index is 11.8. The third-order valence-corrected chi connectivity index (χ3v) is 5.66. The lowest BCUT2D eigenvalue weighted by Gasteiger charge is -2.12. The summed E-state index contributed by atoms with van der Waals surface area (Å²) >= 11 is 0. The number of ether oxygens (including phenoxy) is 1. The Morgan fingerprint density at radius 1 is 1.12 bits per heavy atom. The molecular formula is C24H23N7O3. The number of benzene rings is 2. The molecule has 10 heteroatoms. The Morgan fingerprint density at radius 2 is 1.94 bits per heavy atom. The van der Waals surface area contributed by atoms with Gasteiger partial charge in [-0.2, -0.15) is 4.98 Å². The number of carboxylic acids is 1. The van der Waals surface area contributed by atoms with E-state index in [2.05, 4.69) is 44.8 Å². The van der Waals surface area contributed by atoms with Crippen molar-refractivity contribution < 1.29 is 14.6 Å². The molecule has 2 aromatic carbocycles. The molecule has 2 N–H and O–H groups in total. The Labute approximate surface area is 194 Å². The smallest absolute Gasteiger partial charge is 0.337 e. The second kappa shape index (κ2) is 8.81. The second-order valence-electron chi connectivity index (χ2n) is 7.77. The molecule has 5 rings (SSSR count). The van der Waals surface area contributed by atoms with Crippen molar-refractivity contribution >= 4 is 17.0 Å². The molecule has 0 aliphatic heterocycles. The van der Waals surface area contributed by atoms with Crippen molar-refractivity contribution in [1.29, 1.82) is 0 Å². The number of nitrogens with zero attached hydrogens (tertiary/aromatic N) is 6. The zero-order valence-corrected chi connectivity index (χ0v) is 18.8. The van der Waals surface area contributed by atoms with E-state index in [4.69, 9.17) is 4.74 Å². The Bertz CT molecular complexity index is 1450. The van der Waals surface area contributed by atoms with Gasteiger partial charge in [0.25, 0.3) is 6.01 Å². The fraction of sp³-hybridized carbons (Fsp3) is 0.208. The van der Waals surface area contributed by atoms with E-state index in [1.807, 2.05) is 40.3 Å². The van der Waals surface area contributed by atoms with Crippen molar-refractivity contribution in [2.45, 2.75) is 26.8 Å². The number of para-hydroxylation sites is 1. The Kier molecular flexibility index (Phi) is 5.54. The monoisotopic (exact) mass is 457 g/mol. The number of imidazole rings is 1. The number of aromatic carboxylic acids is 1. The minimum absolute atomic E-state index is 0.192. The molecule has 0 saturated carbocycles. The topological polar surface area (TPSA) is 124 Å². The van der Waals surface area contributed by atoms with Gasteiger partial charge in [-0.3, -0.25) is 4.57 Å². The summed E-state index contributed by atoms with van der Waals surface area (Å²) in [4.78, 5) is 16.4. The molecule has 0 amide bonds.